The van der Waals surface area contributed by atoms with Gasteiger partial charge < -0.3 is 14.6 Å². The molecule has 10 aromatic rings. The first-order valence-electron chi connectivity index (χ1n) is 34.3. The molecule has 7 heteroatoms. The maximum absolute atomic E-state index is 12.5. The molecule has 0 unspecified atom stereocenters. The fourth-order valence-corrected chi connectivity index (χ4v) is 14.1. The van der Waals surface area contributed by atoms with Crippen LogP contribution in [0, 0.1) is 51.5 Å². The van der Waals surface area contributed by atoms with Crippen LogP contribution in [0.2, 0.25) is 0 Å². The number of aryl methyl sites for hydroxylation is 1. The van der Waals surface area contributed by atoms with Crippen LogP contribution >= 0.6 is 0 Å². The molecule has 0 saturated heterocycles. The van der Waals surface area contributed by atoms with Crippen LogP contribution < -0.4 is 9.47 Å². The van der Waals surface area contributed by atoms with Gasteiger partial charge in [-0.2, -0.15) is 0 Å². The minimum Gasteiger partial charge on any atom is -0.512 e. The van der Waals surface area contributed by atoms with E-state index >= 15 is 0 Å². The van der Waals surface area contributed by atoms with Crippen LogP contribution in [-0.4, -0.2) is 20.9 Å². The van der Waals surface area contributed by atoms with Gasteiger partial charge in [-0.3, -0.25) is 14.8 Å². The summed E-state index contributed by atoms with van der Waals surface area (Å²) in [6.45, 7) is 41.7. The molecule has 4 heterocycles. The molecule has 91 heavy (non-hydrogen) atoms. The van der Waals surface area contributed by atoms with E-state index in [1.807, 2.05) is 12.1 Å². The Labute approximate surface area is 560 Å². The molecular weight excluding hydrogens is 1290 g/mol. The number of rotatable bonds is 13. The van der Waals surface area contributed by atoms with Crippen LogP contribution in [0.5, 0.6) is 23.0 Å². The van der Waals surface area contributed by atoms with Gasteiger partial charge in [0, 0.05) is 71.5 Å². The second kappa shape index (κ2) is 26.2. The van der Waals surface area contributed by atoms with Crippen molar-refractivity contribution < 1.29 is 42.2 Å². The summed E-state index contributed by atoms with van der Waals surface area (Å²) in [4.78, 5) is 22.0. The molecule has 8 aromatic carbocycles. The molecule has 6 nitrogen and oxygen atoms in total. The Kier molecular flexibility index (Phi) is 18.9. The molecule has 0 aliphatic carbocycles. The largest absolute Gasteiger partial charge is 0.512 e. The molecule has 0 saturated carbocycles. The van der Waals surface area contributed by atoms with Crippen LogP contribution in [0.4, 0.5) is 0 Å². The van der Waals surface area contributed by atoms with Gasteiger partial charge in [0.25, 0.3) is 0 Å². The number of ether oxygens (including phenoxy) is 2. The first-order valence-corrected chi connectivity index (χ1v) is 33.3. The second-order valence-corrected chi connectivity index (χ2v) is 30.8. The third-order valence-corrected chi connectivity index (χ3v) is 19.1. The third kappa shape index (κ3) is 14.1. The fourth-order valence-electron chi connectivity index (χ4n) is 14.1. The van der Waals surface area contributed by atoms with Crippen molar-refractivity contribution in [3.8, 4) is 45.5 Å². The average molecular weight is 1390 g/mol. The first-order chi connectivity index (χ1) is 43.2. The average Bonchev–Trinajstić information content (AvgIpc) is 0.727. The van der Waals surface area contributed by atoms with Gasteiger partial charge in [-0.15, -0.1) is 35.0 Å². The predicted molar refractivity (Wildman–Crippen MR) is 382 cm³/mol. The Balaban J connectivity index is 0.000000173. The van der Waals surface area contributed by atoms with Crippen molar-refractivity contribution in [2.75, 3.05) is 0 Å². The smallest absolute Gasteiger partial charge is 0.165 e. The number of benzene rings is 8. The van der Waals surface area contributed by atoms with Gasteiger partial charge in [0.15, 0.2) is 5.78 Å². The molecule has 1 N–H and O–H groups in total. The monoisotopic (exact) mass is 1390 g/mol. The molecule has 479 valence electrons. The van der Waals surface area contributed by atoms with Crippen molar-refractivity contribution in [3.63, 3.8) is 0 Å². The molecule has 0 spiro atoms. The molecule has 2 aliphatic heterocycles. The van der Waals surface area contributed by atoms with E-state index in [2.05, 4.69) is 235 Å². The maximum Gasteiger partial charge on any atom is 0.165 e. The van der Waals surface area contributed by atoms with Crippen LogP contribution in [0.25, 0.3) is 87.1 Å². The van der Waals surface area contributed by atoms with Gasteiger partial charge >= 0.3 is 0 Å². The molecular formula is C84H98IrN2O4-2. The zero-order valence-corrected chi connectivity index (χ0v) is 60.3. The molecule has 2 aliphatic rings. The minimum atomic E-state index is -0.297. The van der Waals surface area contributed by atoms with Crippen molar-refractivity contribution in [2.24, 2.45) is 32.5 Å². The summed E-state index contributed by atoms with van der Waals surface area (Å²) in [6.07, 6.45) is 10.9. The van der Waals surface area contributed by atoms with Crippen LogP contribution in [0.15, 0.2) is 127 Å². The maximum atomic E-state index is 12.5. The van der Waals surface area contributed by atoms with Crippen molar-refractivity contribution >= 4 is 70.4 Å². The van der Waals surface area contributed by atoms with Crippen LogP contribution in [0.3, 0.4) is 0 Å². The summed E-state index contributed by atoms with van der Waals surface area (Å²) >= 11 is 0. The number of aliphatic hydroxyl groups is 1. The van der Waals surface area contributed by atoms with E-state index < -0.39 is 0 Å². The molecule has 0 bridgehead atoms. The second-order valence-electron chi connectivity index (χ2n) is 30.8. The Bertz CT molecular complexity index is 4530. The number of ketones is 1. The van der Waals surface area contributed by atoms with Gasteiger partial charge in [0.1, 0.15) is 17.3 Å². The number of hydrogen-bond donors (Lipinski definition) is 1. The summed E-state index contributed by atoms with van der Waals surface area (Å²) in [5.41, 5.74) is 9.57. The van der Waals surface area contributed by atoms with Gasteiger partial charge in [-0.1, -0.05) is 230 Å². The number of allylic oxidation sites excluding steroid dienone is 2. The number of fused-ring (bicyclic) bond motifs is 10. The Hall–Kier alpha value is -6.92. The molecule has 0 amide bonds. The van der Waals surface area contributed by atoms with Crippen LogP contribution in [-0.2, 0) is 50.6 Å². The number of carbonyl (C=O) groups excluding carboxylic acids is 1. The topological polar surface area (TPSA) is 81.5 Å². The summed E-state index contributed by atoms with van der Waals surface area (Å²) < 4.78 is 30.8. The predicted octanol–water partition coefficient (Wildman–Crippen LogP) is 24.3. The SMILES string of the molecule is CCC(CC)(CC)C(=O)/C=C(\O)C(CC)(CC)CC.[2H]c1cc2c3c(cc4cc(CC(C)(C)C)ccc42)Oc2c([c-]c4cc(C)ccc4c2CC(C)(C)C)-c3n1.[2H]c1cc2c3c(cc4cc(CC(C)(C)C)ccc42)Oc2c([c-]c4ccccc4c2CC(C)(C)C)-c3n1.[Ir]. The number of nitrogens with zero attached hydrogens (tertiary/aromatic N) is 2. The van der Waals surface area contributed by atoms with Gasteiger partial charge in [-0.05, 0) is 161 Å². The summed E-state index contributed by atoms with van der Waals surface area (Å²) in [5.74, 6) is 3.69. The number of aromatic nitrogens is 2. The summed E-state index contributed by atoms with van der Waals surface area (Å²) in [5, 5.41) is 23.4. The minimum absolute atomic E-state index is 0. The van der Waals surface area contributed by atoms with E-state index in [-0.39, 0.29) is 76.5 Å². The van der Waals surface area contributed by atoms with Crippen molar-refractivity contribution in [1.29, 1.82) is 0 Å². The Morgan fingerprint density at radius 3 is 1.33 bits per heavy atom. The van der Waals surface area contributed by atoms with Gasteiger partial charge in [0.05, 0.1) is 14.2 Å². The zero-order valence-electron chi connectivity index (χ0n) is 59.9. The Morgan fingerprint density at radius 2 is 0.901 bits per heavy atom. The summed E-state index contributed by atoms with van der Waals surface area (Å²) in [7, 11) is 0. The first kappa shape index (κ1) is 65.6. The number of carbonyl (C=O) groups is 1. The van der Waals surface area contributed by atoms with E-state index in [4.69, 9.17) is 22.2 Å². The van der Waals surface area contributed by atoms with E-state index in [9.17, 15) is 9.90 Å². The summed E-state index contributed by atoms with van der Waals surface area (Å²) in [6, 6.07) is 43.7. The Morgan fingerprint density at radius 1 is 0.495 bits per heavy atom. The van der Waals surface area contributed by atoms with Gasteiger partial charge in [-0.25, -0.2) is 0 Å². The van der Waals surface area contributed by atoms with Crippen molar-refractivity contribution in [3.05, 3.63) is 167 Å². The van der Waals surface area contributed by atoms with Crippen LogP contribution in [0.1, 0.15) is 194 Å². The number of aliphatic hydroxyl groups excluding tert-OH is 1. The van der Waals surface area contributed by atoms with E-state index in [1.165, 1.54) is 44.7 Å². The molecule has 0 fully saturated rings. The standard InChI is InChI=1S/C34H34NO.C33H32NO.C17H32O2.Ir/c1-20-8-10-25-22(14-20)16-27-31-30-26(12-13-35-31)24-11-9-21(18-33(2,3)4)15-23(24)17-29(30)36-32(27)28(25)19-34(5,6)7;1-32(2,3)18-20-11-12-24-22(15-20)17-28-29-25(24)13-14-34-30(29)26-16-21-9-7-8-10-23(21)27(31(26)35-28)19-33(4,5)6;1-7-16(8-2,9-3)14(18)13-15(19)17(10-4,11-5)12-6;/h8-15,17H,18-19H2,1-7H3;7-15,17H,18-19H2,1-6H3;13,18H,7-12H2,1-6H3;/q2*-1;;/b;;14-13-;/i13D;14D;;. The normalized spacial score (nSPS) is 13.5. The molecule has 0 atom stereocenters. The molecule has 2 aromatic heterocycles. The third-order valence-electron chi connectivity index (χ3n) is 19.1. The molecule has 12 rings (SSSR count). The number of hydrogen-bond acceptors (Lipinski definition) is 6. The molecule has 1 radical (unpaired) electrons. The van der Waals surface area contributed by atoms with E-state index in [0.717, 1.165) is 164 Å². The van der Waals surface area contributed by atoms with Gasteiger partial charge in [0.2, 0.25) is 0 Å². The fraction of sp³-hybridized carbons (Fsp3) is 0.417. The number of pyridine rings is 2. The van der Waals surface area contributed by atoms with Crippen molar-refractivity contribution in [2.45, 2.75) is 196 Å². The van der Waals surface area contributed by atoms with E-state index in [1.54, 1.807) is 0 Å². The quantitative estimate of drug-likeness (QED) is 0.0536. The van der Waals surface area contributed by atoms with E-state index in [0.29, 0.717) is 0 Å². The van der Waals surface area contributed by atoms with Crippen molar-refractivity contribution in [1.82, 2.24) is 9.97 Å². The zero-order chi connectivity index (χ0) is 66.8.